The van der Waals surface area contributed by atoms with E-state index in [4.69, 9.17) is 11.1 Å². The van der Waals surface area contributed by atoms with E-state index in [0.29, 0.717) is 19.5 Å². The summed E-state index contributed by atoms with van der Waals surface area (Å²) in [6, 6.07) is 32.7. The third kappa shape index (κ3) is 7.90. The molecule has 0 radical (unpaired) electrons. The number of nitrogens with two attached hydrogens (primary N) is 1. The number of hydrogen-bond donors (Lipinski definition) is 3. The maximum Gasteiger partial charge on any atom is 0.225 e. The number of amides is 1. The SMILES string of the molecule is CN(CCC(C)(C)C(=O)NCCCC[P+](c1ccccc1)(c1ccccc1)c1ccccc1)C(=N)N.[Br-]. The Morgan fingerprint density at radius 1 is 0.865 bits per heavy atom. The number of unbranched alkanes of at least 4 members (excludes halogenated alkanes) is 1. The summed E-state index contributed by atoms with van der Waals surface area (Å²) in [7, 11) is -0.0553. The van der Waals surface area contributed by atoms with Gasteiger partial charge in [-0.15, -0.1) is 0 Å². The van der Waals surface area contributed by atoms with E-state index in [1.54, 1.807) is 11.9 Å². The van der Waals surface area contributed by atoms with Gasteiger partial charge in [-0.1, -0.05) is 68.4 Å². The monoisotopic (exact) mass is 582 g/mol. The lowest BCUT2D eigenvalue weighted by molar-refractivity contribution is -0.129. The number of hydrogen-bond acceptors (Lipinski definition) is 2. The Hall–Kier alpha value is -2.69. The first-order chi connectivity index (χ1) is 17.3. The van der Waals surface area contributed by atoms with E-state index in [-0.39, 0.29) is 28.8 Å². The highest BCUT2D eigenvalue weighted by atomic mass is 79.9. The van der Waals surface area contributed by atoms with Crippen LogP contribution < -0.4 is 43.9 Å². The van der Waals surface area contributed by atoms with Crippen LogP contribution in [0.2, 0.25) is 0 Å². The first-order valence-electron chi connectivity index (χ1n) is 12.7. The molecule has 0 atom stereocenters. The highest BCUT2D eigenvalue weighted by Crippen LogP contribution is 2.55. The summed E-state index contributed by atoms with van der Waals surface area (Å²) in [6.07, 6.45) is 3.62. The number of nitrogens with zero attached hydrogens (tertiary/aromatic N) is 1. The number of carbonyl (C=O) groups excluding carboxylic acids is 1. The van der Waals surface area contributed by atoms with Gasteiger partial charge in [0, 0.05) is 25.6 Å². The number of carbonyl (C=O) groups is 1. The van der Waals surface area contributed by atoms with Gasteiger partial charge in [-0.3, -0.25) is 10.2 Å². The van der Waals surface area contributed by atoms with Crippen LogP contribution >= 0.6 is 7.26 Å². The molecule has 4 N–H and O–H groups in total. The Bertz CT molecular complexity index is 1010. The maximum absolute atomic E-state index is 12.9. The Labute approximate surface area is 233 Å². The van der Waals surface area contributed by atoms with Crippen LogP contribution in [0.25, 0.3) is 0 Å². The number of guanidine groups is 1. The second-order valence-corrected chi connectivity index (χ2v) is 13.6. The standard InChI is InChI=1S/C30H39N4OP.BrH/c1-30(2,21-23-34(3)29(31)32)28(35)33-22-13-14-24-36(25-15-7-4-8-16-25,26-17-9-5-10-18-26)27-19-11-6-12-20-27;/h4-12,15-20H,13-14,21-24H2,1-3H3,(H3-,31,32,33,35);1H. The Kier molecular flexibility index (Phi) is 11.8. The summed E-state index contributed by atoms with van der Waals surface area (Å²) >= 11 is 0. The summed E-state index contributed by atoms with van der Waals surface area (Å²) in [6.45, 7) is 5.14. The number of halogens is 1. The first kappa shape index (κ1) is 30.5. The van der Waals surface area contributed by atoms with Gasteiger partial charge >= 0.3 is 0 Å². The zero-order valence-corrected chi connectivity index (χ0v) is 24.6. The molecule has 0 aliphatic heterocycles. The fourth-order valence-electron chi connectivity index (χ4n) is 4.48. The third-order valence-electron chi connectivity index (χ3n) is 6.89. The largest absolute Gasteiger partial charge is 1.00 e. The average Bonchev–Trinajstić information content (AvgIpc) is 2.90. The van der Waals surface area contributed by atoms with Crippen molar-refractivity contribution in [1.29, 1.82) is 5.41 Å². The molecule has 37 heavy (non-hydrogen) atoms. The molecule has 5 nitrogen and oxygen atoms in total. The van der Waals surface area contributed by atoms with Crippen molar-refractivity contribution in [2.24, 2.45) is 11.1 Å². The highest BCUT2D eigenvalue weighted by molar-refractivity contribution is 7.95. The van der Waals surface area contributed by atoms with Crippen LogP contribution in [0.5, 0.6) is 0 Å². The molecule has 0 fully saturated rings. The molecular weight excluding hydrogens is 543 g/mol. The van der Waals surface area contributed by atoms with Gasteiger partial charge in [0.05, 0.1) is 6.16 Å². The van der Waals surface area contributed by atoms with Gasteiger partial charge < -0.3 is 32.9 Å². The fourth-order valence-corrected chi connectivity index (χ4v) is 8.89. The Balaban J connectivity index is 0.00000481. The van der Waals surface area contributed by atoms with E-state index in [1.807, 2.05) is 13.8 Å². The summed E-state index contributed by atoms with van der Waals surface area (Å²) in [5.74, 6) is 0.0722. The molecule has 0 aliphatic carbocycles. The molecule has 0 unspecified atom stereocenters. The highest BCUT2D eigenvalue weighted by Gasteiger charge is 2.44. The van der Waals surface area contributed by atoms with E-state index in [9.17, 15) is 4.79 Å². The van der Waals surface area contributed by atoms with E-state index in [1.165, 1.54) is 15.9 Å². The lowest BCUT2D eigenvalue weighted by atomic mass is 9.88. The topological polar surface area (TPSA) is 82.2 Å². The molecule has 0 aliphatic rings. The van der Waals surface area contributed by atoms with Gasteiger partial charge in [0.1, 0.15) is 23.2 Å². The van der Waals surface area contributed by atoms with Crippen LogP contribution in [-0.2, 0) is 4.79 Å². The molecule has 0 spiro atoms. The summed E-state index contributed by atoms with van der Waals surface area (Å²) in [5, 5.41) is 14.8. The normalized spacial score (nSPS) is 11.3. The van der Waals surface area contributed by atoms with Crippen molar-refractivity contribution in [2.75, 3.05) is 26.3 Å². The quantitative estimate of drug-likeness (QED) is 0.130. The van der Waals surface area contributed by atoms with Gasteiger partial charge in [-0.2, -0.15) is 0 Å². The predicted molar refractivity (Wildman–Crippen MR) is 155 cm³/mol. The van der Waals surface area contributed by atoms with Crippen LogP contribution in [0, 0.1) is 10.8 Å². The van der Waals surface area contributed by atoms with Gasteiger partial charge in [0.15, 0.2) is 5.96 Å². The predicted octanol–water partition coefficient (Wildman–Crippen LogP) is 1.12. The zero-order chi connectivity index (χ0) is 26.0. The zero-order valence-electron chi connectivity index (χ0n) is 22.2. The minimum atomic E-state index is -1.83. The lowest BCUT2D eigenvalue weighted by Gasteiger charge is -2.28. The molecule has 3 aromatic carbocycles. The number of nitrogens with one attached hydrogen (secondary N) is 2. The Morgan fingerprint density at radius 3 is 1.70 bits per heavy atom. The fraction of sp³-hybridized carbons (Fsp3) is 0.333. The minimum absolute atomic E-state index is 0. The molecule has 7 heteroatoms. The third-order valence-corrected chi connectivity index (χ3v) is 11.4. The van der Waals surface area contributed by atoms with Crippen molar-refractivity contribution in [1.82, 2.24) is 10.2 Å². The maximum atomic E-state index is 12.9. The lowest BCUT2D eigenvalue weighted by Crippen LogP contribution is -3.00. The van der Waals surface area contributed by atoms with Gasteiger partial charge in [0.25, 0.3) is 0 Å². The van der Waals surface area contributed by atoms with Crippen molar-refractivity contribution in [2.45, 2.75) is 33.1 Å². The van der Waals surface area contributed by atoms with E-state index in [2.05, 4.69) is 96.3 Å². The van der Waals surface area contributed by atoms with Crippen LogP contribution in [0.1, 0.15) is 33.1 Å². The molecule has 0 aromatic heterocycles. The molecule has 0 saturated heterocycles. The van der Waals surface area contributed by atoms with Gasteiger partial charge in [-0.25, -0.2) is 0 Å². The smallest absolute Gasteiger partial charge is 0.225 e. The van der Waals surface area contributed by atoms with Crippen LogP contribution in [-0.4, -0.2) is 43.1 Å². The van der Waals surface area contributed by atoms with Crippen molar-refractivity contribution >= 4 is 35.0 Å². The number of benzene rings is 3. The van der Waals surface area contributed by atoms with Crippen LogP contribution in [0.3, 0.4) is 0 Å². The summed E-state index contributed by atoms with van der Waals surface area (Å²) in [5.41, 5.74) is 5.01. The van der Waals surface area contributed by atoms with Crippen molar-refractivity contribution in [3.8, 4) is 0 Å². The van der Waals surface area contributed by atoms with Crippen LogP contribution in [0.15, 0.2) is 91.0 Å². The molecule has 198 valence electrons. The molecule has 0 heterocycles. The molecule has 0 bridgehead atoms. The molecule has 0 saturated carbocycles. The molecular formula is C30H40BrN4OP. The van der Waals surface area contributed by atoms with Gasteiger partial charge in [-0.05, 0) is 55.7 Å². The van der Waals surface area contributed by atoms with Crippen molar-refractivity contribution in [3.63, 3.8) is 0 Å². The molecule has 3 aromatic rings. The van der Waals surface area contributed by atoms with E-state index in [0.717, 1.165) is 19.0 Å². The summed E-state index contributed by atoms with van der Waals surface area (Å²) in [4.78, 5) is 14.5. The van der Waals surface area contributed by atoms with Gasteiger partial charge in [0.2, 0.25) is 5.91 Å². The van der Waals surface area contributed by atoms with E-state index < -0.39 is 12.7 Å². The molecule has 1 amide bonds. The average molecular weight is 584 g/mol. The first-order valence-corrected chi connectivity index (χ1v) is 14.6. The van der Waals surface area contributed by atoms with Crippen molar-refractivity contribution < 1.29 is 21.8 Å². The van der Waals surface area contributed by atoms with Crippen molar-refractivity contribution in [3.05, 3.63) is 91.0 Å². The molecule has 3 rings (SSSR count). The minimum Gasteiger partial charge on any atom is -1.00 e. The Morgan fingerprint density at radius 2 is 1.30 bits per heavy atom. The van der Waals surface area contributed by atoms with Crippen LogP contribution in [0.4, 0.5) is 0 Å². The second kappa shape index (κ2) is 14.3. The summed E-state index contributed by atoms with van der Waals surface area (Å²) < 4.78 is 0. The second-order valence-electron chi connectivity index (χ2n) is 9.94. The number of rotatable bonds is 12. The van der Waals surface area contributed by atoms with E-state index >= 15 is 0 Å².